The fourth-order valence-electron chi connectivity index (χ4n) is 3.25. The maximum Gasteiger partial charge on any atom is 0.256 e. The highest BCUT2D eigenvalue weighted by Gasteiger charge is 2.36. The number of carbonyl (C=O) groups is 2. The summed E-state index contributed by atoms with van der Waals surface area (Å²) >= 11 is 6.13. The van der Waals surface area contributed by atoms with Gasteiger partial charge in [-0.2, -0.15) is 0 Å². The van der Waals surface area contributed by atoms with Gasteiger partial charge in [-0.05, 0) is 31.2 Å². The third-order valence-corrected chi connectivity index (χ3v) is 5.02. The average Bonchev–Trinajstić information content (AvgIpc) is 3.11. The van der Waals surface area contributed by atoms with Crippen molar-refractivity contribution in [2.45, 2.75) is 13.0 Å². The first-order chi connectivity index (χ1) is 12.6. The monoisotopic (exact) mass is 372 g/mol. The summed E-state index contributed by atoms with van der Waals surface area (Å²) in [6, 6.07) is 11.7. The second kappa shape index (κ2) is 6.53. The Labute approximate surface area is 155 Å². The molecule has 2 amide bonds. The SMILES string of the molecule is C[C@@H]1C(=O)N(c2ccc3c(c2)OCO3)CCN1C(=O)c1ccccc1Cl. The summed E-state index contributed by atoms with van der Waals surface area (Å²) in [5, 5.41) is 0.385. The van der Waals surface area contributed by atoms with Crippen LogP contribution < -0.4 is 14.4 Å². The molecule has 1 atom stereocenters. The molecule has 0 saturated carbocycles. The Morgan fingerprint density at radius 2 is 1.88 bits per heavy atom. The van der Waals surface area contributed by atoms with Crippen LogP contribution in [-0.2, 0) is 4.79 Å². The van der Waals surface area contributed by atoms with E-state index in [0.29, 0.717) is 35.2 Å². The molecule has 0 unspecified atom stereocenters. The molecule has 0 aromatic heterocycles. The van der Waals surface area contributed by atoms with Crippen molar-refractivity contribution in [3.05, 3.63) is 53.1 Å². The Morgan fingerprint density at radius 3 is 2.69 bits per heavy atom. The summed E-state index contributed by atoms with van der Waals surface area (Å²) in [4.78, 5) is 28.9. The smallest absolute Gasteiger partial charge is 0.256 e. The van der Waals surface area contributed by atoms with Crippen LogP contribution in [0.5, 0.6) is 11.5 Å². The lowest BCUT2D eigenvalue weighted by atomic mass is 10.1. The molecule has 1 saturated heterocycles. The Hall–Kier alpha value is -2.73. The van der Waals surface area contributed by atoms with E-state index in [0.717, 1.165) is 5.69 Å². The van der Waals surface area contributed by atoms with Crippen LogP contribution in [-0.4, -0.2) is 42.6 Å². The molecular formula is C19H17ClN2O4. The van der Waals surface area contributed by atoms with Crippen LogP contribution in [0.1, 0.15) is 17.3 Å². The van der Waals surface area contributed by atoms with Crippen LogP contribution in [0, 0.1) is 0 Å². The van der Waals surface area contributed by atoms with Crippen LogP contribution in [0.2, 0.25) is 5.02 Å². The predicted molar refractivity (Wildman–Crippen MR) is 96.9 cm³/mol. The first-order valence-corrected chi connectivity index (χ1v) is 8.70. The quantitative estimate of drug-likeness (QED) is 0.813. The van der Waals surface area contributed by atoms with Gasteiger partial charge in [0.25, 0.3) is 5.91 Å². The maximum atomic E-state index is 12.9. The standard InChI is InChI=1S/C19H17ClN2O4/c1-12-18(23)22(13-6-7-16-17(10-13)26-11-25-16)9-8-21(12)19(24)14-4-2-3-5-15(14)20/h2-7,10,12H,8-9,11H2,1H3/t12-/m1/s1. The van der Waals surface area contributed by atoms with E-state index in [1.807, 2.05) is 6.07 Å². The zero-order valence-electron chi connectivity index (χ0n) is 14.1. The van der Waals surface area contributed by atoms with Gasteiger partial charge in [-0.15, -0.1) is 0 Å². The molecule has 2 aliphatic rings. The van der Waals surface area contributed by atoms with Crippen LogP contribution in [0.25, 0.3) is 0 Å². The third-order valence-electron chi connectivity index (χ3n) is 4.69. The lowest BCUT2D eigenvalue weighted by molar-refractivity contribution is -0.124. The summed E-state index contributed by atoms with van der Waals surface area (Å²) in [7, 11) is 0. The Morgan fingerprint density at radius 1 is 1.12 bits per heavy atom. The molecule has 1 fully saturated rings. The van der Waals surface area contributed by atoms with Crippen LogP contribution >= 0.6 is 11.6 Å². The van der Waals surface area contributed by atoms with E-state index in [1.165, 1.54) is 0 Å². The van der Waals surface area contributed by atoms with Gasteiger partial charge in [-0.3, -0.25) is 9.59 Å². The number of anilines is 1. The fraction of sp³-hybridized carbons (Fsp3) is 0.263. The van der Waals surface area contributed by atoms with Crippen molar-refractivity contribution < 1.29 is 19.1 Å². The molecule has 2 aromatic carbocycles. The molecule has 2 aliphatic heterocycles. The van der Waals surface area contributed by atoms with E-state index in [-0.39, 0.29) is 18.6 Å². The van der Waals surface area contributed by atoms with E-state index in [9.17, 15) is 9.59 Å². The van der Waals surface area contributed by atoms with Gasteiger partial charge < -0.3 is 19.3 Å². The van der Waals surface area contributed by atoms with Gasteiger partial charge in [-0.25, -0.2) is 0 Å². The van der Waals surface area contributed by atoms with Crippen molar-refractivity contribution in [2.75, 3.05) is 24.8 Å². The number of piperazine rings is 1. The van der Waals surface area contributed by atoms with Crippen LogP contribution in [0.4, 0.5) is 5.69 Å². The lowest BCUT2D eigenvalue weighted by Gasteiger charge is -2.39. The van der Waals surface area contributed by atoms with Crippen molar-refractivity contribution in [2.24, 2.45) is 0 Å². The van der Waals surface area contributed by atoms with Gasteiger partial charge in [0.15, 0.2) is 11.5 Å². The van der Waals surface area contributed by atoms with E-state index in [4.69, 9.17) is 21.1 Å². The topological polar surface area (TPSA) is 59.1 Å². The molecule has 2 heterocycles. The van der Waals surface area contributed by atoms with Gasteiger partial charge in [-0.1, -0.05) is 23.7 Å². The van der Waals surface area contributed by atoms with Gasteiger partial charge in [0, 0.05) is 24.8 Å². The van der Waals surface area contributed by atoms with Crippen LogP contribution in [0.3, 0.4) is 0 Å². The van der Waals surface area contributed by atoms with E-state index < -0.39 is 6.04 Å². The summed E-state index contributed by atoms with van der Waals surface area (Å²) < 4.78 is 10.7. The molecule has 134 valence electrons. The summed E-state index contributed by atoms with van der Waals surface area (Å²) in [6.45, 7) is 2.74. The van der Waals surface area contributed by atoms with Crippen molar-refractivity contribution in [3.8, 4) is 11.5 Å². The van der Waals surface area contributed by atoms with Gasteiger partial charge >= 0.3 is 0 Å². The summed E-state index contributed by atoms with van der Waals surface area (Å²) in [5.41, 5.74) is 1.14. The molecule has 7 heteroatoms. The maximum absolute atomic E-state index is 12.9. The number of hydrogen-bond acceptors (Lipinski definition) is 4. The van der Waals surface area contributed by atoms with Crippen molar-refractivity contribution >= 4 is 29.1 Å². The molecule has 0 radical (unpaired) electrons. The molecule has 0 aliphatic carbocycles. The molecular weight excluding hydrogens is 356 g/mol. The third kappa shape index (κ3) is 2.76. The summed E-state index contributed by atoms with van der Waals surface area (Å²) in [5.74, 6) is 0.914. The van der Waals surface area contributed by atoms with E-state index in [2.05, 4.69) is 0 Å². The zero-order valence-corrected chi connectivity index (χ0v) is 14.9. The van der Waals surface area contributed by atoms with E-state index in [1.54, 1.807) is 53.1 Å². The lowest BCUT2D eigenvalue weighted by Crippen LogP contribution is -2.57. The number of carbonyl (C=O) groups excluding carboxylic acids is 2. The van der Waals surface area contributed by atoms with Gasteiger partial charge in [0.2, 0.25) is 12.7 Å². The second-order valence-electron chi connectivity index (χ2n) is 6.18. The summed E-state index contributed by atoms with van der Waals surface area (Å²) in [6.07, 6.45) is 0. The normalized spacial score (nSPS) is 19.0. The van der Waals surface area contributed by atoms with Crippen LogP contribution in [0.15, 0.2) is 42.5 Å². The fourth-order valence-corrected chi connectivity index (χ4v) is 3.46. The van der Waals surface area contributed by atoms with Crippen molar-refractivity contribution in [3.63, 3.8) is 0 Å². The number of fused-ring (bicyclic) bond motifs is 1. The largest absolute Gasteiger partial charge is 0.454 e. The zero-order chi connectivity index (χ0) is 18.3. The number of amides is 2. The number of rotatable bonds is 2. The van der Waals surface area contributed by atoms with Gasteiger partial charge in [0.1, 0.15) is 6.04 Å². The first kappa shape index (κ1) is 16.7. The Balaban J connectivity index is 1.56. The number of benzene rings is 2. The second-order valence-corrected chi connectivity index (χ2v) is 6.59. The highest BCUT2D eigenvalue weighted by atomic mass is 35.5. The van der Waals surface area contributed by atoms with Crippen molar-refractivity contribution in [1.82, 2.24) is 4.90 Å². The van der Waals surface area contributed by atoms with Crippen molar-refractivity contribution in [1.29, 1.82) is 0 Å². The molecule has 2 aromatic rings. The molecule has 26 heavy (non-hydrogen) atoms. The van der Waals surface area contributed by atoms with Gasteiger partial charge in [0.05, 0.1) is 10.6 Å². The minimum atomic E-state index is -0.585. The number of nitrogens with zero attached hydrogens (tertiary/aromatic N) is 2. The number of halogens is 1. The predicted octanol–water partition coefficient (Wildman–Crippen LogP) is 2.95. The molecule has 0 bridgehead atoms. The molecule has 6 nitrogen and oxygen atoms in total. The first-order valence-electron chi connectivity index (χ1n) is 8.33. The minimum absolute atomic E-state index is 0.143. The minimum Gasteiger partial charge on any atom is -0.454 e. The number of ether oxygens (including phenoxy) is 2. The Bertz CT molecular complexity index is 886. The average molecular weight is 373 g/mol. The highest BCUT2D eigenvalue weighted by Crippen LogP contribution is 2.36. The molecule has 4 rings (SSSR count). The molecule has 0 spiro atoms. The van der Waals surface area contributed by atoms with E-state index >= 15 is 0 Å². The Kier molecular flexibility index (Phi) is 4.20. The number of hydrogen-bond donors (Lipinski definition) is 0. The molecule has 0 N–H and O–H groups in total. The highest BCUT2D eigenvalue weighted by molar-refractivity contribution is 6.33.